The van der Waals surface area contributed by atoms with Crippen molar-refractivity contribution in [2.24, 2.45) is 5.73 Å². The van der Waals surface area contributed by atoms with Crippen molar-refractivity contribution in [1.82, 2.24) is 0 Å². The van der Waals surface area contributed by atoms with Crippen LogP contribution in [0.3, 0.4) is 0 Å². The Morgan fingerprint density at radius 3 is 2.27 bits per heavy atom. The van der Waals surface area contributed by atoms with Crippen LogP contribution < -0.4 is 5.73 Å². The number of hydrogen-bond donors (Lipinski definition) is 1. The summed E-state index contributed by atoms with van der Waals surface area (Å²) < 4.78 is 0. The van der Waals surface area contributed by atoms with Gasteiger partial charge in [-0.25, -0.2) is 0 Å². The summed E-state index contributed by atoms with van der Waals surface area (Å²) in [5.41, 5.74) is 5.23. The molecule has 2 N–H and O–H groups in total. The molecule has 0 rings (SSSR count). The van der Waals surface area contributed by atoms with Gasteiger partial charge in [0, 0.05) is 0 Å². The molecule has 0 unspecified atom stereocenters. The van der Waals surface area contributed by atoms with Crippen LogP contribution in [0.5, 0.6) is 0 Å². The van der Waals surface area contributed by atoms with E-state index in [1.54, 1.807) is 0 Å². The molecule has 0 saturated carbocycles. The first-order valence-electron chi connectivity index (χ1n) is 4.30. The SMILES string of the molecule is CCCCC[Si](C)(C)C(N)=O. The van der Waals surface area contributed by atoms with Crippen molar-refractivity contribution in [2.45, 2.75) is 45.3 Å². The van der Waals surface area contributed by atoms with E-state index < -0.39 is 8.07 Å². The Kier molecular flexibility index (Phi) is 4.41. The molecule has 0 spiro atoms. The van der Waals surface area contributed by atoms with Gasteiger partial charge < -0.3 is 5.73 Å². The summed E-state index contributed by atoms with van der Waals surface area (Å²) >= 11 is 0. The third-order valence-electron chi connectivity index (χ3n) is 2.07. The van der Waals surface area contributed by atoms with Gasteiger partial charge in [-0.05, 0) is 6.04 Å². The third-order valence-corrected chi connectivity index (χ3v) is 5.01. The molecule has 11 heavy (non-hydrogen) atoms. The number of rotatable bonds is 5. The predicted molar refractivity (Wildman–Crippen MR) is 51.4 cm³/mol. The van der Waals surface area contributed by atoms with E-state index in [9.17, 15) is 4.79 Å². The second-order valence-corrected chi connectivity index (χ2v) is 8.47. The Balaban J connectivity index is 3.64. The summed E-state index contributed by atoms with van der Waals surface area (Å²) in [6.07, 6.45) is 3.60. The lowest BCUT2D eigenvalue weighted by Gasteiger charge is -2.16. The van der Waals surface area contributed by atoms with Crippen LogP contribution in [0, 0.1) is 0 Å². The lowest BCUT2D eigenvalue weighted by Crippen LogP contribution is -2.41. The van der Waals surface area contributed by atoms with E-state index in [0.29, 0.717) is 0 Å². The number of unbranched alkanes of at least 4 members (excludes halogenated alkanes) is 2. The fraction of sp³-hybridized carbons (Fsp3) is 0.875. The smallest absolute Gasteiger partial charge is 0.189 e. The molecular formula is C8H19NOSi. The highest BCUT2D eigenvalue weighted by atomic mass is 28.3. The number of nitrogens with two attached hydrogens (primary N) is 1. The van der Waals surface area contributed by atoms with Gasteiger partial charge in [0.15, 0.2) is 13.6 Å². The Bertz CT molecular complexity index is 134. The van der Waals surface area contributed by atoms with E-state index in [4.69, 9.17) is 5.73 Å². The first-order valence-corrected chi connectivity index (χ1v) is 7.51. The number of amides is 1. The minimum absolute atomic E-state index is 0.0476. The Labute approximate surface area is 70.2 Å². The topological polar surface area (TPSA) is 43.1 Å². The molecule has 0 aliphatic carbocycles. The molecule has 1 amide bonds. The van der Waals surface area contributed by atoms with Gasteiger partial charge >= 0.3 is 0 Å². The number of carbonyl (C=O) groups is 1. The van der Waals surface area contributed by atoms with Crippen molar-refractivity contribution in [3.05, 3.63) is 0 Å². The quantitative estimate of drug-likeness (QED) is 0.504. The highest BCUT2D eigenvalue weighted by Crippen LogP contribution is 2.14. The van der Waals surface area contributed by atoms with Crippen LogP contribution in [0.1, 0.15) is 26.2 Å². The highest BCUT2D eigenvalue weighted by Gasteiger charge is 2.26. The molecule has 0 bridgehead atoms. The normalized spacial score (nSPS) is 11.5. The van der Waals surface area contributed by atoms with Crippen LogP contribution in [0.15, 0.2) is 0 Å². The van der Waals surface area contributed by atoms with Crippen LogP contribution in [-0.2, 0) is 0 Å². The second kappa shape index (κ2) is 4.54. The lowest BCUT2D eigenvalue weighted by molar-refractivity contribution is 0.264. The maximum atomic E-state index is 10.9. The van der Waals surface area contributed by atoms with Gasteiger partial charge in [-0.3, -0.25) is 4.79 Å². The third kappa shape index (κ3) is 4.19. The van der Waals surface area contributed by atoms with E-state index in [1.165, 1.54) is 19.3 Å². The van der Waals surface area contributed by atoms with Gasteiger partial charge in [-0.15, -0.1) is 0 Å². The average Bonchev–Trinajstić information content (AvgIpc) is 1.88. The average molecular weight is 173 g/mol. The van der Waals surface area contributed by atoms with Crippen LogP contribution in [-0.4, -0.2) is 13.6 Å². The first kappa shape index (κ1) is 10.7. The molecule has 0 radical (unpaired) electrons. The molecule has 3 heteroatoms. The van der Waals surface area contributed by atoms with Crippen LogP contribution in [0.2, 0.25) is 19.1 Å². The lowest BCUT2D eigenvalue weighted by atomic mass is 10.3. The molecule has 0 heterocycles. The molecule has 0 aromatic rings. The number of primary amides is 1. The zero-order chi connectivity index (χ0) is 8.91. The Morgan fingerprint density at radius 2 is 1.91 bits per heavy atom. The molecule has 66 valence electrons. The Hall–Kier alpha value is -0.313. The van der Waals surface area contributed by atoms with Crippen LogP contribution >= 0.6 is 0 Å². The van der Waals surface area contributed by atoms with Crippen LogP contribution in [0.25, 0.3) is 0 Å². The van der Waals surface area contributed by atoms with Gasteiger partial charge in [-0.1, -0.05) is 39.3 Å². The molecule has 2 nitrogen and oxygen atoms in total. The van der Waals surface area contributed by atoms with Gasteiger partial charge in [0.25, 0.3) is 0 Å². The van der Waals surface area contributed by atoms with Crippen molar-refractivity contribution in [3.8, 4) is 0 Å². The zero-order valence-corrected chi connectivity index (χ0v) is 8.81. The Morgan fingerprint density at radius 1 is 1.36 bits per heavy atom. The van der Waals surface area contributed by atoms with Crippen LogP contribution in [0.4, 0.5) is 4.79 Å². The molecule has 0 atom stereocenters. The van der Waals surface area contributed by atoms with E-state index in [1.807, 2.05) is 13.1 Å². The van der Waals surface area contributed by atoms with Gasteiger partial charge in [0.05, 0.1) is 0 Å². The summed E-state index contributed by atoms with van der Waals surface area (Å²) in [6.45, 7) is 6.26. The monoisotopic (exact) mass is 173 g/mol. The van der Waals surface area contributed by atoms with Gasteiger partial charge in [0.1, 0.15) is 0 Å². The minimum Gasteiger partial charge on any atom is -0.374 e. The minimum atomic E-state index is -1.68. The van der Waals surface area contributed by atoms with E-state index >= 15 is 0 Å². The van der Waals surface area contributed by atoms with Gasteiger partial charge in [0.2, 0.25) is 0 Å². The number of hydrogen-bond acceptors (Lipinski definition) is 1. The molecule has 0 aliphatic heterocycles. The summed E-state index contributed by atoms with van der Waals surface area (Å²) in [6, 6.07) is 1.05. The molecule has 0 aromatic heterocycles. The molecular weight excluding hydrogens is 154 g/mol. The number of carbonyl (C=O) groups excluding carboxylic acids is 1. The molecule has 0 fully saturated rings. The van der Waals surface area contributed by atoms with Gasteiger partial charge in [-0.2, -0.15) is 0 Å². The van der Waals surface area contributed by atoms with Crippen molar-refractivity contribution >= 4 is 13.6 Å². The maximum absolute atomic E-state index is 10.9. The summed E-state index contributed by atoms with van der Waals surface area (Å²) in [5, 5.41) is 0. The molecule has 0 aromatic carbocycles. The predicted octanol–water partition coefficient (Wildman–Crippen LogP) is 2.55. The zero-order valence-electron chi connectivity index (χ0n) is 7.81. The summed E-state index contributed by atoms with van der Waals surface area (Å²) in [4.78, 5) is 10.9. The van der Waals surface area contributed by atoms with E-state index in [-0.39, 0.29) is 5.53 Å². The largest absolute Gasteiger partial charge is 0.374 e. The summed E-state index contributed by atoms with van der Waals surface area (Å²) in [7, 11) is -1.68. The van der Waals surface area contributed by atoms with Crippen molar-refractivity contribution in [3.63, 3.8) is 0 Å². The van der Waals surface area contributed by atoms with Crippen molar-refractivity contribution in [1.29, 1.82) is 0 Å². The van der Waals surface area contributed by atoms with Crippen molar-refractivity contribution in [2.75, 3.05) is 0 Å². The highest BCUT2D eigenvalue weighted by molar-refractivity contribution is 7.03. The van der Waals surface area contributed by atoms with Crippen molar-refractivity contribution < 1.29 is 4.79 Å². The fourth-order valence-corrected chi connectivity index (χ4v) is 2.32. The fourth-order valence-electron chi connectivity index (χ4n) is 0.940. The second-order valence-electron chi connectivity index (χ2n) is 3.71. The first-order chi connectivity index (χ1) is 5.00. The van der Waals surface area contributed by atoms with E-state index in [0.717, 1.165) is 6.04 Å². The standard InChI is InChI=1S/C8H19NOSi/c1-4-5-6-7-11(2,3)8(9)10/h4-7H2,1-3H3,(H2,9,10). The summed E-state index contributed by atoms with van der Waals surface area (Å²) in [5.74, 6) is 0. The van der Waals surface area contributed by atoms with E-state index in [2.05, 4.69) is 6.92 Å². The molecule has 0 aliphatic rings. The molecule has 0 saturated heterocycles. The maximum Gasteiger partial charge on any atom is 0.189 e.